The third kappa shape index (κ3) is 4.81. The van der Waals surface area contributed by atoms with Gasteiger partial charge in [0.1, 0.15) is 23.9 Å². The fourth-order valence-electron chi connectivity index (χ4n) is 3.87. The lowest BCUT2D eigenvalue weighted by Crippen LogP contribution is -2.04. The molecule has 0 radical (unpaired) electrons. The van der Waals surface area contributed by atoms with Gasteiger partial charge in [0.2, 0.25) is 0 Å². The molecular formula is C28H27FN2O3. The Morgan fingerprint density at radius 1 is 0.882 bits per heavy atom. The number of methoxy groups -OCH3 is 2. The third-order valence-corrected chi connectivity index (χ3v) is 5.71. The zero-order valence-electron chi connectivity index (χ0n) is 19.7. The van der Waals surface area contributed by atoms with Gasteiger partial charge in [0.25, 0.3) is 0 Å². The number of hydrogen-bond donors (Lipinski definition) is 0. The van der Waals surface area contributed by atoms with E-state index in [0.29, 0.717) is 18.0 Å². The van der Waals surface area contributed by atoms with Crippen molar-refractivity contribution in [2.45, 2.75) is 20.5 Å². The average molecular weight is 459 g/mol. The van der Waals surface area contributed by atoms with Gasteiger partial charge in [-0.15, -0.1) is 0 Å². The van der Waals surface area contributed by atoms with Crippen LogP contribution in [0.3, 0.4) is 0 Å². The Hall–Kier alpha value is -4.06. The second-order valence-electron chi connectivity index (χ2n) is 7.84. The summed E-state index contributed by atoms with van der Waals surface area (Å²) < 4.78 is 27.2. The Balaban J connectivity index is 1.69. The van der Waals surface area contributed by atoms with Crippen molar-refractivity contribution in [1.82, 2.24) is 4.57 Å². The third-order valence-electron chi connectivity index (χ3n) is 5.71. The van der Waals surface area contributed by atoms with E-state index >= 15 is 0 Å². The average Bonchev–Trinajstić information content (AvgIpc) is 3.21. The SMILES string of the molecule is COc1ccc(CO/N=C(/C)c2cc(-c3ccc(OC)cc3)n(-c3ccccc3F)c2C)cc1. The summed E-state index contributed by atoms with van der Waals surface area (Å²) in [5.41, 5.74) is 5.70. The number of nitrogens with zero attached hydrogens (tertiary/aromatic N) is 2. The van der Waals surface area contributed by atoms with Gasteiger partial charge in [-0.25, -0.2) is 4.39 Å². The monoisotopic (exact) mass is 458 g/mol. The van der Waals surface area contributed by atoms with E-state index in [1.165, 1.54) is 6.07 Å². The summed E-state index contributed by atoms with van der Waals surface area (Å²) in [4.78, 5) is 5.63. The van der Waals surface area contributed by atoms with Crippen molar-refractivity contribution < 1.29 is 18.7 Å². The maximum absolute atomic E-state index is 14.8. The number of benzene rings is 3. The summed E-state index contributed by atoms with van der Waals surface area (Å²) >= 11 is 0. The van der Waals surface area contributed by atoms with Gasteiger partial charge in [0.15, 0.2) is 0 Å². The van der Waals surface area contributed by atoms with Gasteiger partial charge >= 0.3 is 0 Å². The van der Waals surface area contributed by atoms with E-state index in [4.69, 9.17) is 14.3 Å². The van der Waals surface area contributed by atoms with Gasteiger partial charge in [-0.3, -0.25) is 0 Å². The van der Waals surface area contributed by atoms with Crippen LogP contribution in [0, 0.1) is 12.7 Å². The number of rotatable bonds is 8. The number of oxime groups is 1. The van der Waals surface area contributed by atoms with E-state index in [9.17, 15) is 4.39 Å². The molecule has 0 saturated heterocycles. The molecule has 0 aliphatic rings. The number of hydrogen-bond acceptors (Lipinski definition) is 4. The van der Waals surface area contributed by atoms with Gasteiger partial charge in [-0.1, -0.05) is 29.4 Å². The first-order valence-electron chi connectivity index (χ1n) is 10.9. The number of aromatic nitrogens is 1. The molecule has 34 heavy (non-hydrogen) atoms. The minimum Gasteiger partial charge on any atom is -0.497 e. The molecule has 1 aromatic heterocycles. The molecule has 0 bridgehead atoms. The smallest absolute Gasteiger partial charge is 0.147 e. The van der Waals surface area contributed by atoms with Crippen molar-refractivity contribution in [2.75, 3.05) is 14.2 Å². The van der Waals surface area contributed by atoms with Crippen LogP contribution in [-0.4, -0.2) is 24.5 Å². The van der Waals surface area contributed by atoms with Gasteiger partial charge in [-0.05, 0) is 79.6 Å². The van der Waals surface area contributed by atoms with Crippen molar-refractivity contribution in [3.05, 3.63) is 102 Å². The van der Waals surface area contributed by atoms with Crippen LogP contribution < -0.4 is 9.47 Å². The van der Waals surface area contributed by atoms with Crippen LogP contribution in [0.5, 0.6) is 11.5 Å². The summed E-state index contributed by atoms with van der Waals surface area (Å²) in [6.45, 7) is 4.18. The van der Waals surface area contributed by atoms with Crippen LogP contribution in [0.25, 0.3) is 16.9 Å². The molecule has 0 aliphatic heterocycles. The number of ether oxygens (including phenoxy) is 2. The quantitative estimate of drug-likeness (QED) is 0.222. The molecule has 0 saturated carbocycles. The molecule has 0 fully saturated rings. The molecule has 5 nitrogen and oxygen atoms in total. The van der Waals surface area contributed by atoms with Gasteiger partial charge in [-0.2, -0.15) is 0 Å². The van der Waals surface area contributed by atoms with Crippen LogP contribution >= 0.6 is 0 Å². The lowest BCUT2D eigenvalue weighted by Gasteiger charge is -2.13. The van der Waals surface area contributed by atoms with Crippen molar-refractivity contribution in [3.63, 3.8) is 0 Å². The highest BCUT2D eigenvalue weighted by atomic mass is 19.1. The highest BCUT2D eigenvalue weighted by molar-refractivity contribution is 6.01. The molecule has 0 unspecified atom stereocenters. The minimum atomic E-state index is -0.298. The van der Waals surface area contributed by atoms with E-state index in [1.54, 1.807) is 26.4 Å². The highest BCUT2D eigenvalue weighted by Gasteiger charge is 2.19. The fraction of sp³-hybridized carbons (Fsp3) is 0.179. The maximum Gasteiger partial charge on any atom is 0.147 e. The first-order valence-corrected chi connectivity index (χ1v) is 10.9. The Labute approximate surface area is 199 Å². The van der Waals surface area contributed by atoms with Gasteiger partial charge in [0, 0.05) is 11.3 Å². The van der Waals surface area contributed by atoms with Crippen LogP contribution in [0.15, 0.2) is 84.0 Å². The molecule has 0 atom stereocenters. The molecule has 6 heteroatoms. The second-order valence-corrected chi connectivity index (χ2v) is 7.84. The largest absolute Gasteiger partial charge is 0.497 e. The molecule has 0 aliphatic carbocycles. The topological polar surface area (TPSA) is 45.0 Å². The molecule has 3 aromatic carbocycles. The molecule has 4 aromatic rings. The Morgan fingerprint density at radius 2 is 1.50 bits per heavy atom. The molecule has 1 heterocycles. The fourth-order valence-corrected chi connectivity index (χ4v) is 3.87. The summed E-state index contributed by atoms with van der Waals surface area (Å²) in [6, 6.07) is 24.1. The van der Waals surface area contributed by atoms with E-state index < -0.39 is 0 Å². The Kier molecular flexibility index (Phi) is 6.97. The first-order chi connectivity index (χ1) is 16.5. The van der Waals surface area contributed by atoms with Crippen LogP contribution in [0.4, 0.5) is 4.39 Å². The first kappa shape index (κ1) is 23.1. The zero-order chi connectivity index (χ0) is 24.1. The molecule has 174 valence electrons. The maximum atomic E-state index is 14.8. The van der Waals surface area contributed by atoms with Crippen molar-refractivity contribution in [1.29, 1.82) is 0 Å². The standard InChI is InChI=1S/C28H27FN2O3/c1-19(30-34-18-21-9-13-23(32-3)14-10-21)25-17-28(22-11-15-24(33-4)16-12-22)31(20(25)2)27-8-6-5-7-26(27)29/h5-17H,18H2,1-4H3/b30-19-. The van der Waals surface area contributed by atoms with E-state index in [2.05, 4.69) is 5.16 Å². The lowest BCUT2D eigenvalue weighted by atomic mass is 10.1. The predicted octanol–water partition coefficient (Wildman–Crippen LogP) is 6.55. The summed E-state index contributed by atoms with van der Waals surface area (Å²) in [7, 11) is 3.26. The summed E-state index contributed by atoms with van der Waals surface area (Å²) in [5.74, 6) is 1.25. The van der Waals surface area contributed by atoms with Crippen molar-refractivity contribution >= 4 is 5.71 Å². The normalized spacial score (nSPS) is 11.4. The van der Waals surface area contributed by atoms with Gasteiger partial charge in [0.05, 0.1) is 31.3 Å². The van der Waals surface area contributed by atoms with Gasteiger partial charge < -0.3 is 18.9 Å². The van der Waals surface area contributed by atoms with Crippen LogP contribution in [-0.2, 0) is 11.4 Å². The summed E-state index contributed by atoms with van der Waals surface area (Å²) in [5, 5.41) is 4.34. The molecular weight excluding hydrogens is 431 g/mol. The lowest BCUT2D eigenvalue weighted by molar-refractivity contribution is 0.130. The van der Waals surface area contributed by atoms with Crippen molar-refractivity contribution in [2.24, 2.45) is 5.16 Å². The Bertz CT molecular complexity index is 1290. The van der Waals surface area contributed by atoms with E-state index in [1.807, 2.05) is 79.1 Å². The zero-order valence-corrected chi connectivity index (χ0v) is 19.7. The number of para-hydroxylation sites is 1. The highest BCUT2D eigenvalue weighted by Crippen LogP contribution is 2.32. The van der Waals surface area contributed by atoms with Crippen LogP contribution in [0.2, 0.25) is 0 Å². The molecule has 0 amide bonds. The molecule has 0 spiro atoms. The Morgan fingerprint density at radius 3 is 2.12 bits per heavy atom. The van der Waals surface area contributed by atoms with Crippen LogP contribution in [0.1, 0.15) is 23.7 Å². The predicted molar refractivity (Wildman–Crippen MR) is 132 cm³/mol. The van der Waals surface area contributed by atoms with E-state index in [-0.39, 0.29) is 5.82 Å². The molecule has 0 N–H and O–H groups in total. The second kappa shape index (κ2) is 10.3. The summed E-state index contributed by atoms with van der Waals surface area (Å²) in [6.07, 6.45) is 0. The van der Waals surface area contributed by atoms with Crippen molar-refractivity contribution in [3.8, 4) is 28.4 Å². The van der Waals surface area contributed by atoms with E-state index in [0.717, 1.165) is 39.6 Å². The minimum absolute atomic E-state index is 0.298. The molecule has 4 rings (SSSR count). The number of halogens is 1.